The van der Waals surface area contributed by atoms with Crippen molar-refractivity contribution < 1.29 is 9.59 Å². The molecule has 0 spiro atoms. The Hall–Kier alpha value is -2.32. The molecule has 0 aliphatic carbocycles. The molecule has 26 heavy (non-hydrogen) atoms. The lowest BCUT2D eigenvalue weighted by molar-refractivity contribution is -0.128. The molecule has 0 aliphatic heterocycles. The Morgan fingerprint density at radius 1 is 1.23 bits per heavy atom. The molecule has 3 heterocycles. The van der Waals surface area contributed by atoms with E-state index in [2.05, 4.69) is 10.3 Å². The molecular formula is C18H19N3O3S2. The van der Waals surface area contributed by atoms with Crippen LogP contribution < -0.4 is 10.9 Å². The zero-order valence-electron chi connectivity index (χ0n) is 14.7. The number of carbonyl (C=O) groups excluding carboxylic acids is 2. The summed E-state index contributed by atoms with van der Waals surface area (Å²) in [6.07, 6.45) is 1.41. The van der Waals surface area contributed by atoms with Crippen LogP contribution in [0.5, 0.6) is 0 Å². The highest BCUT2D eigenvalue weighted by Gasteiger charge is 2.21. The van der Waals surface area contributed by atoms with Gasteiger partial charge in [-0.2, -0.15) is 0 Å². The summed E-state index contributed by atoms with van der Waals surface area (Å²) < 4.78 is 1.89. The van der Waals surface area contributed by atoms with E-state index >= 15 is 0 Å². The molecule has 0 radical (unpaired) electrons. The van der Waals surface area contributed by atoms with E-state index in [1.165, 1.54) is 33.6 Å². The number of hydrogen-bond donors (Lipinski definition) is 1. The first-order valence-corrected chi connectivity index (χ1v) is 9.78. The van der Waals surface area contributed by atoms with E-state index in [1.54, 1.807) is 12.1 Å². The van der Waals surface area contributed by atoms with Crippen LogP contribution in [-0.2, 0) is 17.9 Å². The third-order valence-electron chi connectivity index (χ3n) is 3.79. The second kappa shape index (κ2) is 7.13. The van der Waals surface area contributed by atoms with Gasteiger partial charge in [-0.15, -0.1) is 22.7 Å². The first-order chi connectivity index (χ1) is 12.3. The molecule has 1 N–H and O–H groups in total. The van der Waals surface area contributed by atoms with Crippen molar-refractivity contribution in [3.8, 4) is 0 Å². The maximum atomic E-state index is 12.5. The predicted molar refractivity (Wildman–Crippen MR) is 104 cm³/mol. The van der Waals surface area contributed by atoms with Crippen LogP contribution in [0.25, 0.3) is 10.2 Å². The van der Waals surface area contributed by atoms with E-state index in [4.69, 9.17) is 0 Å². The molecule has 0 fully saturated rings. The summed E-state index contributed by atoms with van der Waals surface area (Å²) in [7, 11) is 0. The Morgan fingerprint density at radius 2 is 2.00 bits per heavy atom. The molecule has 3 aromatic heterocycles. The quantitative estimate of drug-likeness (QED) is 0.680. The van der Waals surface area contributed by atoms with Gasteiger partial charge in [-0.05, 0) is 23.6 Å². The van der Waals surface area contributed by atoms with Crippen LogP contribution in [-0.4, -0.2) is 21.2 Å². The molecule has 0 unspecified atom stereocenters. The molecule has 136 valence electrons. The number of thiophene rings is 2. The summed E-state index contributed by atoms with van der Waals surface area (Å²) in [6.45, 7) is 5.89. The highest BCUT2D eigenvalue weighted by molar-refractivity contribution is 7.17. The van der Waals surface area contributed by atoms with Gasteiger partial charge < -0.3 is 5.32 Å². The monoisotopic (exact) mass is 389 g/mol. The number of ketones is 1. The average molecular weight is 390 g/mol. The van der Waals surface area contributed by atoms with Crippen LogP contribution in [0, 0.1) is 5.41 Å². The number of aromatic nitrogens is 2. The molecular weight excluding hydrogens is 370 g/mol. The van der Waals surface area contributed by atoms with Crippen molar-refractivity contribution in [1.82, 2.24) is 14.9 Å². The minimum absolute atomic E-state index is 0.0411. The third-order valence-corrected chi connectivity index (χ3v) is 5.81. The van der Waals surface area contributed by atoms with Crippen LogP contribution in [0.3, 0.4) is 0 Å². The summed E-state index contributed by atoms with van der Waals surface area (Å²) in [5.74, 6) is -0.191. The van der Waals surface area contributed by atoms with Gasteiger partial charge in [0.2, 0.25) is 5.91 Å². The highest BCUT2D eigenvalue weighted by atomic mass is 32.1. The second-order valence-corrected chi connectivity index (χ2v) is 9.02. The molecule has 0 aliphatic rings. The Kier molecular flexibility index (Phi) is 5.06. The van der Waals surface area contributed by atoms with Crippen molar-refractivity contribution in [3.63, 3.8) is 0 Å². The predicted octanol–water partition coefficient (Wildman–Crippen LogP) is 3.06. The van der Waals surface area contributed by atoms with Crippen molar-refractivity contribution in [2.75, 3.05) is 0 Å². The first-order valence-electron chi connectivity index (χ1n) is 8.08. The largest absolute Gasteiger partial charge is 0.351 e. The van der Waals surface area contributed by atoms with Crippen molar-refractivity contribution in [2.45, 2.75) is 33.9 Å². The zero-order chi connectivity index (χ0) is 18.9. The average Bonchev–Trinajstić information content (AvgIpc) is 3.23. The number of amides is 1. The van der Waals surface area contributed by atoms with Crippen molar-refractivity contribution in [1.29, 1.82) is 0 Å². The van der Waals surface area contributed by atoms with Crippen molar-refractivity contribution in [3.05, 3.63) is 50.0 Å². The number of fused-ring (bicyclic) bond motifs is 1. The van der Waals surface area contributed by atoms with Crippen LogP contribution >= 0.6 is 22.7 Å². The number of nitrogens with one attached hydrogen (secondary N) is 1. The number of carbonyl (C=O) groups is 2. The summed E-state index contributed by atoms with van der Waals surface area (Å²) >= 11 is 2.65. The highest BCUT2D eigenvalue weighted by Crippen LogP contribution is 2.19. The second-order valence-electron chi connectivity index (χ2n) is 6.93. The minimum Gasteiger partial charge on any atom is -0.351 e. The van der Waals surface area contributed by atoms with Gasteiger partial charge in [-0.1, -0.05) is 20.8 Å². The maximum absolute atomic E-state index is 12.5. The molecule has 8 heteroatoms. The lowest BCUT2D eigenvalue weighted by Gasteiger charge is -2.17. The maximum Gasteiger partial charge on any atom is 0.271 e. The summed E-state index contributed by atoms with van der Waals surface area (Å²) in [6, 6.07) is 5.34. The van der Waals surface area contributed by atoms with Crippen LogP contribution in [0.15, 0.2) is 34.7 Å². The van der Waals surface area contributed by atoms with Crippen LogP contribution in [0.2, 0.25) is 0 Å². The van der Waals surface area contributed by atoms with E-state index in [9.17, 15) is 14.4 Å². The fourth-order valence-corrected chi connectivity index (χ4v) is 3.95. The number of Topliss-reactive ketones (excluding diaryl/α,β-unsaturated/α-hetero) is 1. The molecule has 6 nitrogen and oxygen atoms in total. The van der Waals surface area contributed by atoms with Gasteiger partial charge in [-0.25, -0.2) is 4.98 Å². The topological polar surface area (TPSA) is 81.1 Å². The molecule has 0 saturated heterocycles. The van der Waals surface area contributed by atoms with E-state index in [0.717, 1.165) is 4.88 Å². The summed E-state index contributed by atoms with van der Waals surface area (Å²) in [4.78, 5) is 42.4. The van der Waals surface area contributed by atoms with E-state index in [1.807, 2.05) is 32.2 Å². The van der Waals surface area contributed by atoms with Gasteiger partial charge >= 0.3 is 0 Å². The zero-order valence-corrected chi connectivity index (χ0v) is 16.4. The first kappa shape index (κ1) is 18.5. The lowest BCUT2D eigenvalue weighted by Crippen LogP contribution is -2.34. The number of nitrogens with zero attached hydrogens (tertiary/aromatic N) is 2. The van der Waals surface area contributed by atoms with E-state index in [0.29, 0.717) is 21.6 Å². The Bertz CT molecular complexity index is 1020. The Morgan fingerprint density at radius 3 is 2.73 bits per heavy atom. The number of hydrogen-bond acceptors (Lipinski definition) is 6. The SMILES string of the molecule is CC(C)(C)C(=O)NCc1ccc(C(=O)Cn2cnc3ccsc3c2=O)s1. The molecule has 0 bridgehead atoms. The molecule has 0 aromatic carbocycles. The molecule has 1 amide bonds. The molecule has 3 rings (SSSR count). The Balaban J connectivity index is 1.69. The summed E-state index contributed by atoms with van der Waals surface area (Å²) in [5, 5.41) is 4.67. The van der Waals surface area contributed by atoms with Crippen LogP contribution in [0.4, 0.5) is 0 Å². The smallest absolute Gasteiger partial charge is 0.271 e. The standard InChI is InChI=1S/C18H19N3O3S2/c1-18(2,3)17(24)19-8-11-4-5-14(26-11)13(22)9-21-10-20-12-6-7-25-15(12)16(21)23/h4-7,10H,8-9H2,1-3H3,(H,19,24). The molecule has 0 saturated carbocycles. The van der Waals surface area contributed by atoms with Gasteiger partial charge in [0.25, 0.3) is 5.56 Å². The van der Waals surface area contributed by atoms with Gasteiger partial charge in [-0.3, -0.25) is 19.0 Å². The third kappa shape index (κ3) is 3.91. The van der Waals surface area contributed by atoms with Gasteiger partial charge in [0.1, 0.15) is 4.70 Å². The van der Waals surface area contributed by atoms with E-state index < -0.39 is 5.41 Å². The normalized spacial score (nSPS) is 11.7. The fourth-order valence-electron chi connectivity index (χ4n) is 2.28. The van der Waals surface area contributed by atoms with Gasteiger partial charge in [0.15, 0.2) is 5.78 Å². The summed E-state index contributed by atoms with van der Waals surface area (Å²) in [5.41, 5.74) is -0.00546. The number of rotatable bonds is 5. The lowest BCUT2D eigenvalue weighted by atomic mass is 9.96. The van der Waals surface area contributed by atoms with Crippen molar-refractivity contribution >= 4 is 44.6 Å². The molecule has 0 atom stereocenters. The fraction of sp³-hybridized carbons (Fsp3) is 0.333. The van der Waals surface area contributed by atoms with Crippen molar-refractivity contribution in [2.24, 2.45) is 5.41 Å². The van der Waals surface area contributed by atoms with Gasteiger partial charge in [0.05, 0.1) is 29.8 Å². The Labute approximate surface area is 158 Å². The molecule has 3 aromatic rings. The van der Waals surface area contributed by atoms with Crippen LogP contribution in [0.1, 0.15) is 35.3 Å². The minimum atomic E-state index is -0.454. The van der Waals surface area contributed by atoms with E-state index in [-0.39, 0.29) is 23.8 Å². The van der Waals surface area contributed by atoms with Gasteiger partial charge in [0, 0.05) is 10.3 Å².